The quantitative estimate of drug-likeness (QED) is 0.729. The highest BCUT2D eigenvalue weighted by atomic mass is 35.5. The van der Waals surface area contributed by atoms with Crippen LogP contribution in [0.3, 0.4) is 0 Å². The lowest BCUT2D eigenvalue weighted by molar-refractivity contribution is -0.124. The zero-order chi connectivity index (χ0) is 16.8. The first-order valence-corrected chi connectivity index (χ1v) is 8.48. The Morgan fingerprint density at radius 3 is 2.50 bits per heavy atom. The van der Waals surface area contributed by atoms with Gasteiger partial charge in [-0.1, -0.05) is 23.2 Å². The van der Waals surface area contributed by atoms with Crippen molar-refractivity contribution >= 4 is 47.4 Å². The molecule has 0 bridgehead atoms. The van der Waals surface area contributed by atoms with E-state index >= 15 is 0 Å². The Balaban J connectivity index is 0.00000288. The van der Waals surface area contributed by atoms with Gasteiger partial charge in [-0.2, -0.15) is 0 Å². The van der Waals surface area contributed by atoms with Crippen molar-refractivity contribution in [1.82, 2.24) is 15.5 Å². The molecular formula is C16H22Cl3N3O2. The summed E-state index contributed by atoms with van der Waals surface area (Å²) in [5, 5.41) is 6.74. The summed E-state index contributed by atoms with van der Waals surface area (Å²) in [6.07, 6.45) is 2.35. The van der Waals surface area contributed by atoms with Crippen molar-refractivity contribution in [3.8, 4) is 0 Å². The zero-order valence-corrected chi connectivity index (χ0v) is 15.8. The third-order valence-electron chi connectivity index (χ3n) is 3.83. The molecule has 2 rings (SSSR count). The van der Waals surface area contributed by atoms with Gasteiger partial charge in [-0.25, -0.2) is 0 Å². The summed E-state index contributed by atoms with van der Waals surface area (Å²) in [4.78, 5) is 26.6. The van der Waals surface area contributed by atoms with E-state index in [9.17, 15) is 9.59 Å². The Hall–Kier alpha value is -1.01. The number of halogens is 3. The van der Waals surface area contributed by atoms with E-state index in [1.807, 2.05) is 7.05 Å². The number of nitrogens with zero attached hydrogens (tertiary/aromatic N) is 1. The summed E-state index contributed by atoms with van der Waals surface area (Å²) in [5.41, 5.74) is 0.414. The molecule has 1 fully saturated rings. The van der Waals surface area contributed by atoms with E-state index in [2.05, 4.69) is 10.6 Å². The smallest absolute Gasteiger partial charge is 0.254 e. The Bertz CT molecular complexity index is 563. The van der Waals surface area contributed by atoms with Crippen LogP contribution in [0.1, 0.15) is 29.6 Å². The van der Waals surface area contributed by atoms with Crippen LogP contribution in [0.15, 0.2) is 18.2 Å². The summed E-state index contributed by atoms with van der Waals surface area (Å²) in [6.45, 7) is 2.01. The molecule has 0 radical (unpaired) electrons. The lowest BCUT2D eigenvalue weighted by Gasteiger charge is -2.24. The molecule has 2 amide bonds. The van der Waals surface area contributed by atoms with Crippen LogP contribution >= 0.6 is 35.6 Å². The summed E-state index contributed by atoms with van der Waals surface area (Å²) >= 11 is 11.9. The number of hydrogen-bond acceptors (Lipinski definition) is 3. The molecule has 1 saturated heterocycles. The second-order valence-electron chi connectivity index (χ2n) is 5.56. The van der Waals surface area contributed by atoms with Crippen LogP contribution in [0, 0.1) is 0 Å². The number of benzene rings is 1. The number of likely N-dealkylation sites (tertiary alicyclic amines) is 1. The topological polar surface area (TPSA) is 61.4 Å². The maximum absolute atomic E-state index is 12.7. The average Bonchev–Trinajstić information content (AvgIpc) is 2.99. The zero-order valence-electron chi connectivity index (χ0n) is 13.5. The highest BCUT2D eigenvalue weighted by Gasteiger charge is 2.34. The molecule has 0 saturated carbocycles. The largest absolute Gasteiger partial charge is 0.354 e. The van der Waals surface area contributed by atoms with Gasteiger partial charge in [0.1, 0.15) is 6.04 Å². The molecule has 5 nitrogen and oxygen atoms in total. The monoisotopic (exact) mass is 393 g/mol. The maximum atomic E-state index is 12.7. The second-order valence-corrected chi connectivity index (χ2v) is 6.44. The molecule has 1 aromatic carbocycles. The van der Waals surface area contributed by atoms with Crippen LogP contribution in [0.25, 0.3) is 0 Å². The number of nitrogens with one attached hydrogen (secondary N) is 2. The van der Waals surface area contributed by atoms with Crippen molar-refractivity contribution in [2.75, 3.05) is 26.7 Å². The minimum Gasteiger partial charge on any atom is -0.354 e. The van der Waals surface area contributed by atoms with Crippen LogP contribution < -0.4 is 10.6 Å². The van der Waals surface area contributed by atoms with Crippen LogP contribution in [0.4, 0.5) is 0 Å². The number of carbonyl (C=O) groups excluding carboxylic acids is 2. The van der Waals surface area contributed by atoms with Crippen LogP contribution in [0.5, 0.6) is 0 Å². The Morgan fingerprint density at radius 2 is 1.88 bits per heavy atom. The van der Waals surface area contributed by atoms with Crippen molar-refractivity contribution in [2.45, 2.75) is 25.3 Å². The molecule has 134 valence electrons. The Labute approximate surface area is 158 Å². The molecule has 8 heteroatoms. The van der Waals surface area contributed by atoms with Crippen molar-refractivity contribution in [1.29, 1.82) is 0 Å². The standard InChI is InChI=1S/C16H21Cl2N3O2.ClH/c1-19-5-3-6-20-15(22)14-4-2-7-21(14)16(23)11-8-12(17)10-13(18)9-11;/h8-10,14,19H,2-7H2,1H3,(H,20,22);1H. The third kappa shape index (κ3) is 5.52. The lowest BCUT2D eigenvalue weighted by atomic mass is 10.1. The fraction of sp³-hybridized carbons (Fsp3) is 0.500. The number of amides is 2. The first kappa shape index (κ1) is 21.0. The maximum Gasteiger partial charge on any atom is 0.254 e. The highest BCUT2D eigenvalue weighted by molar-refractivity contribution is 6.35. The van der Waals surface area contributed by atoms with Gasteiger partial charge in [0.15, 0.2) is 0 Å². The molecule has 1 aliphatic rings. The van der Waals surface area contributed by atoms with Gasteiger partial charge in [0.05, 0.1) is 0 Å². The van der Waals surface area contributed by atoms with Crippen molar-refractivity contribution in [3.05, 3.63) is 33.8 Å². The Morgan fingerprint density at radius 1 is 1.21 bits per heavy atom. The van der Waals surface area contributed by atoms with E-state index in [0.717, 1.165) is 19.4 Å². The molecule has 1 unspecified atom stereocenters. The fourth-order valence-electron chi connectivity index (χ4n) is 2.72. The van der Waals surface area contributed by atoms with E-state index in [-0.39, 0.29) is 24.2 Å². The van der Waals surface area contributed by atoms with Gasteiger partial charge in [-0.15, -0.1) is 12.4 Å². The van der Waals surface area contributed by atoms with Crippen molar-refractivity contribution < 1.29 is 9.59 Å². The summed E-state index contributed by atoms with van der Waals surface area (Å²) in [6, 6.07) is 4.32. The van der Waals surface area contributed by atoms with E-state index in [4.69, 9.17) is 23.2 Å². The highest BCUT2D eigenvalue weighted by Crippen LogP contribution is 2.24. The first-order chi connectivity index (χ1) is 11.0. The molecule has 1 atom stereocenters. The predicted molar refractivity (Wildman–Crippen MR) is 99.3 cm³/mol. The molecule has 1 heterocycles. The van der Waals surface area contributed by atoms with Gasteiger partial charge in [-0.3, -0.25) is 9.59 Å². The van der Waals surface area contributed by atoms with Gasteiger partial charge in [-0.05, 0) is 51.1 Å². The van der Waals surface area contributed by atoms with Gasteiger partial charge < -0.3 is 15.5 Å². The molecule has 2 N–H and O–H groups in total. The molecule has 0 spiro atoms. The molecule has 24 heavy (non-hydrogen) atoms. The summed E-state index contributed by atoms with van der Waals surface area (Å²) in [7, 11) is 1.87. The predicted octanol–water partition coefficient (Wildman–Crippen LogP) is 2.75. The van der Waals surface area contributed by atoms with Gasteiger partial charge in [0.2, 0.25) is 5.91 Å². The number of hydrogen-bond donors (Lipinski definition) is 2. The molecular weight excluding hydrogens is 373 g/mol. The average molecular weight is 395 g/mol. The van der Waals surface area contributed by atoms with Gasteiger partial charge in [0, 0.05) is 28.7 Å². The number of rotatable bonds is 6. The lowest BCUT2D eigenvalue weighted by Crippen LogP contribution is -2.46. The third-order valence-corrected chi connectivity index (χ3v) is 4.27. The molecule has 0 aromatic heterocycles. The number of carbonyl (C=O) groups is 2. The van der Waals surface area contributed by atoms with Gasteiger partial charge in [0.25, 0.3) is 5.91 Å². The van der Waals surface area contributed by atoms with E-state index in [0.29, 0.717) is 35.1 Å². The van der Waals surface area contributed by atoms with E-state index < -0.39 is 6.04 Å². The van der Waals surface area contributed by atoms with Crippen molar-refractivity contribution in [3.63, 3.8) is 0 Å². The molecule has 1 aliphatic heterocycles. The van der Waals surface area contributed by atoms with E-state index in [1.165, 1.54) is 0 Å². The molecule has 1 aromatic rings. The molecule has 0 aliphatic carbocycles. The SMILES string of the molecule is CNCCCNC(=O)C1CCCN1C(=O)c1cc(Cl)cc(Cl)c1.Cl. The summed E-state index contributed by atoms with van der Waals surface area (Å²) in [5.74, 6) is -0.303. The first-order valence-electron chi connectivity index (χ1n) is 7.72. The Kier molecular flexibility index (Phi) is 8.84. The second kappa shape index (κ2) is 10.1. The normalized spacial score (nSPS) is 16.6. The summed E-state index contributed by atoms with van der Waals surface area (Å²) < 4.78 is 0. The fourth-order valence-corrected chi connectivity index (χ4v) is 3.25. The van der Waals surface area contributed by atoms with Crippen LogP contribution in [-0.4, -0.2) is 49.4 Å². The minimum absolute atomic E-state index is 0. The van der Waals surface area contributed by atoms with Crippen LogP contribution in [0.2, 0.25) is 10.0 Å². The van der Waals surface area contributed by atoms with E-state index in [1.54, 1.807) is 23.1 Å². The van der Waals surface area contributed by atoms with Crippen LogP contribution in [-0.2, 0) is 4.79 Å². The van der Waals surface area contributed by atoms with Crippen molar-refractivity contribution in [2.24, 2.45) is 0 Å². The van der Waals surface area contributed by atoms with Gasteiger partial charge >= 0.3 is 0 Å². The minimum atomic E-state index is -0.421.